The highest BCUT2D eigenvalue weighted by Gasteiger charge is 2.35. The predicted molar refractivity (Wildman–Crippen MR) is 55.3 cm³/mol. The first-order chi connectivity index (χ1) is 7.98. The Morgan fingerprint density at radius 1 is 1.06 bits per heavy atom. The van der Waals surface area contributed by atoms with Crippen molar-refractivity contribution in [1.82, 2.24) is 15.0 Å². The molecule has 0 aliphatic heterocycles. The van der Waals surface area contributed by atoms with Crippen molar-refractivity contribution >= 4 is 11.6 Å². The molecule has 0 unspecified atom stereocenters. The van der Waals surface area contributed by atoms with Crippen molar-refractivity contribution in [2.45, 2.75) is 6.18 Å². The minimum absolute atomic E-state index is 0.0884. The fourth-order valence-corrected chi connectivity index (χ4v) is 1.47. The molecule has 0 saturated carbocycles. The highest BCUT2D eigenvalue weighted by molar-refractivity contribution is 6.28. The molecular formula is C10H5ClF3N3. The molecule has 0 bridgehead atoms. The summed E-state index contributed by atoms with van der Waals surface area (Å²) in [5.41, 5.74) is -1.02. The molecule has 88 valence electrons. The second kappa shape index (κ2) is 4.29. The van der Waals surface area contributed by atoms with Crippen molar-refractivity contribution < 1.29 is 13.2 Å². The van der Waals surface area contributed by atoms with Crippen LogP contribution in [0.4, 0.5) is 13.2 Å². The first-order valence-electron chi connectivity index (χ1n) is 4.49. The Balaban J connectivity index is 2.60. The number of hydrogen-bond donors (Lipinski definition) is 0. The zero-order valence-electron chi connectivity index (χ0n) is 8.24. The Hall–Kier alpha value is -1.69. The quantitative estimate of drug-likeness (QED) is 0.738. The van der Waals surface area contributed by atoms with Crippen LogP contribution in [-0.2, 0) is 6.18 Å². The molecule has 0 N–H and O–H groups in total. The molecular weight excluding hydrogens is 255 g/mol. The molecule has 0 atom stereocenters. The van der Waals surface area contributed by atoms with Gasteiger partial charge in [-0.15, -0.1) is 0 Å². The Labute approximate surface area is 99.3 Å². The van der Waals surface area contributed by atoms with Gasteiger partial charge < -0.3 is 0 Å². The molecule has 17 heavy (non-hydrogen) atoms. The lowest BCUT2D eigenvalue weighted by atomic mass is 10.1. The van der Waals surface area contributed by atoms with E-state index in [1.807, 2.05) is 0 Å². The molecule has 0 radical (unpaired) electrons. The number of halogens is 4. The number of alkyl halides is 3. The summed E-state index contributed by atoms with van der Waals surface area (Å²) >= 11 is 5.54. The Kier molecular flexibility index (Phi) is 2.97. The van der Waals surface area contributed by atoms with Crippen molar-refractivity contribution in [2.24, 2.45) is 0 Å². The van der Waals surface area contributed by atoms with Gasteiger partial charge in [0.2, 0.25) is 5.28 Å². The van der Waals surface area contributed by atoms with E-state index < -0.39 is 11.9 Å². The molecule has 2 heterocycles. The maximum absolute atomic E-state index is 12.7. The molecule has 0 aliphatic carbocycles. The van der Waals surface area contributed by atoms with Crippen molar-refractivity contribution in [3.8, 4) is 11.3 Å². The van der Waals surface area contributed by atoms with Gasteiger partial charge in [0.15, 0.2) is 5.69 Å². The average Bonchev–Trinajstić information content (AvgIpc) is 2.28. The van der Waals surface area contributed by atoms with Gasteiger partial charge in [-0.25, -0.2) is 9.97 Å². The van der Waals surface area contributed by atoms with E-state index in [0.717, 1.165) is 6.20 Å². The highest BCUT2D eigenvalue weighted by atomic mass is 35.5. The number of aromatic nitrogens is 3. The fourth-order valence-electron chi connectivity index (χ4n) is 1.32. The predicted octanol–water partition coefficient (Wildman–Crippen LogP) is 3.21. The van der Waals surface area contributed by atoms with E-state index in [4.69, 9.17) is 11.6 Å². The maximum atomic E-state index is 12.7. The van der Waals surface area contributed by atoms with Crippen LogP contribution in [-0.4, -0.2) is 15.0 Å². The van der Waals surface area contributed by atoms with E-state index in [0.29, 0.717) is 0 Å². The van der Waals surface area contributed by atoms with Crippen molar-refractivity contribution in [3.63, 3.8) is 0 Å². The fraction of sp³-hybridized carbons (Fsp3) is 0.100. The first kappa shape index (κ1) is 11.8. The van der Waals surface area contributed by atoms with E-state index >= 15 is 0 Å². The lowest BCUT2D eigenvalue weighted by molar-refractivity contribution is -0.140. The summed E-state index contributed by atoms with van der Waals surface area (Å²) < 4.78 is 38.1. The van der Waals surface area contributed by atoms with E-state index in [-0.39, 0.29) is 16.5 Å². The van der Waals surface area contributed by atoms with E-state index in [9.17, 15) is 13.2 Å². The summed E-state index contributed by atoms with van der Waals surface area (Å²) in [4.78, 5) is 10.7. The summed E-state index contributed by atoms with van der Waals surface area (Å²) in [6.45, 7) is 0. The van der Waals surface area contributed by atoms with E-state index in [2.05, 4.69) is 15.0 Å². The molecule has 2 aromatic rings. The number of nitrogens with zero attached hydrogens (tertiary/aromatic N) is 3. The van der Waals surface area contributed by atoms with Crippen LogP contribution in [0.1, 0.15) is 5.69 Å². The van der Waals surface area contributed by atoms with Crippen molar-refractivity contribution in [3.05, 3.63) is 41.6 Å². The third kappa shape index (κ3) is 2.52. The second-order valence-electron chi connectivity index (χ2n) is 3.11. The van der Waals surface area contributed by atoms with Crippen LogP contribution in [0.2, 0.25) is 5.28 Å². The van der Waals surface area contributed by atoms with Gasteiger partial charge in [-0.2, -0.15) is 13.2 Å². The minimum Gasteiger partial charge on any atom is -0.251 e. The van der Waals surface area contributed by atoms with Crippen LogP contribution in [0.5, 0.6) is 0 Å². The molecule has 2 rings (SSSR count). The van der Waals surface area contributed by atoms with Gasteiger partial charge in [-0.05, 0) is 29.8 Å². The molecule has 7 heteroatoms. The maximum Gasteiger partial charge on any atom is 0.434 e. The SMILES string of the molecule is FC(F)(F)c1ncccc1-c1ccnc(Cl)n1. The summed E-state index contributed by atoms with van der Waals surface area (Å²) in [6.07, 6.45) is -2.17. The third-order valence-corrected chi connectivity index (χ3v) is 2.16. The van der Waals surface area contributed by atoms with Gasteiger partial charge in [-0.1, -0.05) is 0 Å². The van der Waals surface area contributed by atoms with Crippen LogP contribution in [0.3, 0.4) is 0 Å². The van der Waals surface area contributed by atoms with Crippen LogP contribution in [0.15, 0.2) is 30.6 Å². The van der Waals surface area contributed by atoms with Crippen molar-refractivity contribution in [1.29, 1.82) is 0 Å². The molecule has 0 amide bonds. The summed E-state index contributed by atoms with van der Waals surface area (Å²) in [7, 11) is 0. The Bertz CT molecular complexity index is 542. The third-order valence-electron chi connectivity index (χ3n) is 1.98. The van der Waals surface area contributed by atoms with Crippen LogP contribution in [0.25, 0.3) is 11.3 Å². The van der Waals surface area contributed by atoms with Crippen LogP contribution >= 0.6 is 11.6 Å². The molecule has 3 nitrogen and oxygen atoms in total. The molecule has 0 spiro atoms. The molecule has 0 fully saturated rings. The number of hydrogen-bond acceptors (Lipinski definition) is 3. The molecule has 0 saturated heterocycles. The van der Waals surface area contributed by atoms with Gasteiger partial charge in [0.25, 0.3) is 0 Å². The van der Waals surface area contributed by atoms with Gasteiger partial charge in [0.1, 0.15) is 0 Å². The topological polar surface area (TPSA) is 38.7 Å². The zero-order chi connectivity index (χ0) is 12.5. The normalized spacial score (nSPS) is 11.5. The number of pyridine rings is 1. The average molecular weight is 260 g/mol. The minimum atomic E-state index is -4.53. The smallest absolute Gasteiger partial charge is 0.251 e. The van der Waals surface area contributed by atoms with E-state index in [1.165, 1.54) is 24.4 Å². The molecule has 0 aliphatic rings. The Morgan fingerprint density at radius 3 is 2.47 bits per heavy atom. The standard InChI is InChI=1S/C10H5ClF3N3/c11-9-16-5-3-7(17-9)6-2-1-4-15-8(6)10(12,13)14/h1-5H. The monoisotopic (exact) mass is 259 g/mol. The lowest BCUT2D eigenvalue weighted by Gasteiger charge is -2.10. The summed E-state index contributed by atoms with van der Waals surface area (Å²) in [5.74, 6) is 0. The van der Waals surface area contributed by atoms with Gasteiger partial charge in [-0.3, -0.25) is 4.98 Å². The van der Waals surface area contributed by atoms with Crippen LogP contribution < -0.4 is 0 Å². The van der Waals surface area contributed by atoms with Crippen LogP contribution in [0, 0.1) is 0 Å². The van der Waals surface area contributed by atoms with Gasteiger partial charge >= 0.3 is 6.18 Å². The lowest BCUT2D eigenvalue weighted by Crippen LogP contribution is -2.10. The summed E-state index contributed by atoms with van der Waals surface area (Å²) in [5, 5.41) is -0.112. The summed E-state index contributed by atoms with van der Waals surface area (Å²) in [6, 6.07) is 4.03. The largest absolute Gasteiger partial charge is 0.434 e. The zero-order valence-corrected chi connectivity index (χ0v) is 9.00. The van der Waals surface area contributed by atoms with Crippen molar-refractivity contribution in [2.75, 3.05) is 0 Å². The molecule has 0 aromatic carbocycles. The van der Waals surface area contributed by atoms with Gasteiger partial charge in [0.05, 0.1) is 5.69 Å². The highest BCUT2D eigenvalue weighted by Crippen LogP contribution is 2.34. The van der Waals surface area contributed by atoms with Gasteiger partial charge in [0, 0.05) is 18.0 Å². The molecule has 2 aromatic heterocycles. The Morgan fingerprint density at radius 2 is 1.82 bits per heavy atom. The van der Waals surface area contributed by atoms with E-state index in [1.54, 1.807) is 0 Å². The number of rotatable bonds is 1. The first-order valence-corrected chi connectivity index (χ1v) is 4.87. The second-order valence-corrected chi connectivity index (χ2v) is 3.45.